The molecule has 1 aliphatic heterocycles. The van der Waals surface area contributed by atoms with Gasteiger partial charge in [0.15, 0.2) is 5.03 Å². The van der Waals surface area contributed by atoms with E-state index in [4.69, 9.17) is 11.0 Å². The van der Waals surface area contributed by atoms with Crippen molar-refractivity contribution in [2.45, 2.75) is 75.8 Å². The number of carbonyl (C=O) groups is 1. The Balaban J connectivity index is 1.92. The van der Waals surface area contributed by atoms with Crippen molar-refractivity contribution in [1.29, 1.82) is 0 Å². The Morgan fingerprint density at radius 1 is 1.02 bits per heavy atom. The van der Waals surface area contributed by atoms with E-state index in [9.17, 15) is 26.4 Å². The van der Waals surface area contributed by atoms with Gasteiger partial charge in [0.2, 0.25) is 0 Å². The normalized spacial score (nSPS) is 22.5. The van der Waals surface area contributed by atoms with Crippen molar-refractivity contribution in [2.75, 3.05) is 22.7 Å². The number of Topliss-reactive ketones (excluding diaryl/α,β-unsaturated/α-hetero) is 1. The summed E-state index contributed by atoms with van der Waals surface area (Å²) in [6.07, 6.45) is -13.3. The lowest BCUT2D eigenvalue weighted by Gasteiger charge is -2.24. The number of sulfonamides is 1. The molecule has 3 heterocycles. The number of aromatic nitrogens is 2. The Kier molecular flexibility index (Phi) is 6.98. The lowest BCUT2D eigenvalue weighted by atomic mass is 9.96. The summed E-state index contributed by atoms with van der Waals surface area (Å²) in [5.74, 6) is -1.52. The second-order valence-electron chi connectivity index (χ2n) is 9.36. The summed E-state index contributed by atoms with van der Waals surface area (Å²) in [6, 6.07) is 9.86. The van der Waals surface area contributed by atoms with Gasteiger partial charge in [0.1, 0.15) is 17.4 Å². The molecule has 0 fully saturated rings. The Labute approximate surface area is 250 Å². The molecule has 0 aliphatic carbocycles. The Hall–Kier alpha value is -3.47. The molecule has 0 spiro atoms. The summed E-state index contributed by atoms with van der Waals surface area (Å²) in [7, 11) is -4.73. The maximum absolute atomic E-state index is 14.3. The molecular formula is C30H35F3N4O3S. The Morgan fingerprint density at radius 2 is 1.78 bits per heavy atom. The molecule has 1 N–H and O–H groups in total. The van der Waals surface area contributed by atoms with Gasteiger partial charge < -0.3 is 9.69 Å². The van der Waals surface area contributed by atoms with Crippen LogP contribution in [0.2, 0.25) is 0 Å². The molecule has 220 valence electrons. The molecule has 4 rings (SSSR count). The number of carbonyl (C=O) groups excluding carboxylic acids is 1. The second-order valence-corrected chi connectivity index (χ2v) is 11.0. The molecule has 7 nitrogen and oxygen atoms in total. The van der Waals surface area contributed by atoms with Crippen LogP contribution in [0.5, 0.6) is 0 Å². The highest BCUT2D eigenvalue weighted by Gasteiger charge is 2.35. The van der Waals surface area contributed by atoms with Gasteiger partial charge in [-0.15, -0.1) is 0 Å². The average Bonchev–Trinajstić information content (AvgIpc) is 2.98. The minimum absolute atomic E-state index is 0.143. The zero-order valence-corrected chi connectivity index (χ0v) is 23.1. The van der Waals surface area contributed by atoms with Crippen molar-refractivity contribution in [3.05, 3.63) is 65.7 Å². The van der Waals surface area contributed by atoms with Gasteiger partial charge in [0, 0.05) is 36.0 Å². The smallest absolute Gasteiger partial charge is 0.357 e. The summed E-state index contributed by atoms with van der Waals surface area (Å²) < 4.78 is 141. The van der Waals surface area contributed by atoms with Crippen LogP contribution >= 0.6 is 0 Å². The molecule has 11 heteroatoms. The number of alkyl halides is 3. The lowest BCUT2D eigenvalue weighted by molar-refractivity contribution is -0.137. The van der Waals surface area contributed by atoms with Crippen LogP contribution < -0.4 is 9.62 Å². The molecule has 1 aromatic carbocycles. The fourth-order valence-corrected chi connectivity index (χ4v) is 5.09. The van der Waals surface area contributed by atoms with Gasteiger partial charge in [-0.1, -0.05) is 56.0 Å². The van der Waals surface area contributed by atoms with Crippen LogP contribution in [0.3, 0.4) is 0 Å². The number of rotatable bonds is 4. The third-order valence-corrected chi connectivity index (χ3v) is 7.35. The number of nitrogens with zero attached hydrogens (tertiary/aromatic N) is 3. The number of nitrogens with one attached hydrogen (secondary N) is 1. The highest BCUT2D eigenvalue weighted by atomic mass is 32.2. The molecule has 4 bridgehead atoms. The van der Waals surface area contributed by atoms with Crippen molar-refractivity contribution in [3.63, 3.8) is 0 Å². The maximum Gasteiger partial charge on any atom is 0.418 e. The van der Waals surface area contributed by atoms with E-state index in [0.717, 1.165) is 36.1 Å². The molecule has 41 heavy (non-hydrogen) atoms. The first-order chi connectivity index (χ1) is 22.5. The summed E-state index contributed by atoms with van der Waals surface area (Å²) in [5, 5.41) is -0.691. The fourth-order valence-electron chi connectivity index (χ4n) is 4.12. The minimum atomic E-state index is -5.01. The Bertz CT molecular complexity index is 1810. The van der Waals surface area contributed by atoms with E-state index in [1.165, 1.54) is 24.3 Å². The molecule has 0 saturated carbocycles. The Morgan fingerprint density at radius 3 is 2.56 bits per heavy atom. The van der Waals surface area contributed by atoms with Gasteiger partial charge in [0.25, 0.3) is 10.0 Å². The first-order valence-electron chi connectivity index (χ1n) is 17.0. The molecule has 1 aliphatic rings. The number of anilines is 2. The quantitative estimate of drug-likeness (QED) is 0.348. The molecular weight excluding hydrogens is 553 g/mol. The maximum atomic E-state index is 14.3. The minimum Gasteiger partial charge on any atom is -0.357 e. The number of hydrogen-bond donors (Lipinski definition) is 1. The fraction of sp³-hybridized carbons (Fsp3) is 0.433. The number of halogens is 3. The van der Waals surface area contributed by atoms with Crippen LogP contribution in [0.25, 0.3) is 11.3 Å². The van der Waals surface area contributed by atoms with E-state index in [2.05, 4.69) is 14.7 Å². The van der Waals surface area contributed by atoms with Gasteiger partial charge >= 0.3 is 6.18 Å². The van der Waals surface area contributed by atoms with Crippen LogP contribution in [-0.2, 0) is 27.4 Å². The van der Waals surface area contributed by atoms with Crippen LogP contribution in [0.1, 0.15) is 80.3 Å². The second kappa shape index (κ2) is 13.5. The summed E-state index contributed by atoms with van der Waals surface area (Å²) in [5.41, 5.74) is -2.96. The van der Waals surface area contributed by atoms with Crippen LogP contribution in [0, 0.1) is 0 Å². The number of hydrogen-bond acceptors (Lipinski definition) is 6. The summed E-state index contributed by atoms with van der Waals surface area (Å²) in [4.78, 5) is 20.8. The third-order valence-electron chi connectivity index (χ3n) is 6.09. The van der Waals surface area contributed by atoms with Crippen molar-refractivity contribution < 1.29 is 37.3 Å². The molecule has 0 radical (unpaired) electrons. The topological polar surface area (TPSA) is 92.3 Å². The lowest BCUT2D eigenvalue weighted by Crippen LogP contribution is -2.28. The van der Waals surface area contributed by atoms with E-state index in [1.807, 2.05) is 0 Å². The molecule has 0 amide bonds. The predicted octanol–water partition coefficient (Wildman–Crippen LogP) is 7.04. The van der Waals surface area contributed by atoms with Crippen molar-refractivity contribution in [1.82, 2.24) is 9.97 Å². The van der Waals surface area contributed by atoms with Crippen LogP contribution in [0.4, 0.5) is 24.8 Å². The van der Waals surface area contributed by atoms with E-state index in [-0.39, 0.29) is 37.2 Å². The molecule has 0 atom stereocenters. The molecule has 3 aromatic rings. The van der Waals surface area contributed by atoms with E-state index in [0.29, 0.717) is 18.9 Å². The third kappa shape index (κ3) is 8.28. The van der Waals surface area contributed by atoms with Gasteiger partial charge in [-0.3, -0.25) is 4.72 Å². The first-order valence-corrected chi connectivity index (χ1v) is 14.4. The largest absolute Gasteiger partial charge is 0.418 e. The zero-order chi connectivity index (χ0) is 36.6. The number of aryl methyl sites for hydroxylation is 1. The number of pyridine rings is 2. The van der Waals surface area contributed by atoms with Crippen LogP contribution in [0.15, 0.2) is 59.6 Å². The van der Waals surface area contributed by atoms with Gasteiger partial charge in [0.05, 0.1) is 11.3 Å². The van der Waals surface area contributed by atoms with E-state index < -0.39 is 81.7 Å². The van der Waals surface area contributed by atoms with Crippen molar-refractivity contribution in [3.8, 4) is 11.3 Å². The molecule has 0 saturated heterocycles. The van der Waals surface area contributed by atoms with E-state index >= 15 is 0 Å². The summed E-state index contributed by atoms with van der Waals surface area (Å²) >= 11 is 0. The molecule has 0 unspecified atom stereocenters. The van der Waals surface area contributed by atoms with Crippen LogP contribution in [-0.4, -0.2) is 37.2 Å². The van der Waals surface area contributed by atoms with Gasteiger partial charge in [-0.05, 0) is 62.3 Å². The van der Waals surface area contributed by atoms with Gasteiger partial charge in [-0.25, -0.2) is 9.97 Å². The molecule has 2 aromatic heterocycles. The number of fused-ring (bicyclic) bond motifs is 6. The van der Waals surface area contributed by atoms with Crippen molar-refractivity contribution >= 4 is 27.4 Å². The SMILES string of the molecule is [2H]C1([2H])CCCCCCN(C([2H])([2H])C([2H])([2H])CC(C)=O)c2cccc(n2)S(=O)(=O)Nc2ccc(C(F)(F)F)c(n2)-c2ccccc2C1([2H])[2H]. The summed E-state index contributed by atoms with van der Waals surface area (Å²) in [6.45, 7) is -1.98. The first kappa shape index (κ1) is 21.3. The highest BCUT2D eigenvalue weighted by molar-refractivity contribution is 7.92. The van der Waals surface area contributed by atoms with E-state index in [1.54, 1.807) is 0 Å². The predicted molar refractivity (Wildman–Crippen MR) is 153 cm³/mol. The zero-order valence-electron chi connectivity index (χ0n) is 30.3. The average molecular weight is 597 g/mol. The van der Waals surface area contributed by atoms with Gasteiger partial charge in [-0.2, -0.15) is 21.6 Å². The number of ketones is 1. The standard InChI is InChI=1S/C30H35F3N4O3S/c1-22(38)12-11-21-37-20-9-5-3-2-4-6-13-23-14-7-8-15-24(23)29-25(30(31,32)33)18-19-26(34-29)36-41(39,40)28-17-10-16-27(37)35-28/h7-8,10,14-19H,2-6,9,11-13,20-21H2,1H3,(H,34,36)/i6D2,11D2,13D2,21D2. The highest BCUT2D eigenvalue weighted by Crippen LogP contribution is 2.38. The monoisotopic (exact) mass is 596 g/mol. The number of benzene rings is 1. The van der Waals surface area contributed by atoms with Crippen molar-refractivity contribution in [2.24, 2.45) is 0 Å².